The maximum absolute atomic E-state index is 12.3. The lowest BCUT2D eigenvalue weighted by Crippen LogP contribution is -2.45. The first-order chi connectivity index (χ1) is 18.5. The van der Waals surface area contributed by atoms with Crippen molar-refractivity contribution in [3.05, 3.63) is 24.4 Å². The number of benzene rings is 1. The molecule has 0 aliphatic carbocycles. The Bertz CT molecular complexity index is 1250. The van der Waals surface area contributed by atoms with Gasteiger partial charge in [-0.25, -0.2) is 9.52 Å². The Hall–Kier alpha value is -2.83. The number of morpholine rings is 1. The van der Waals surface area contributed by atoms with E-state index < -0.39 is 21.9 Å². The Morgan fingerprint density at radius 3 is 2.44 bits per heavy atom. The predicted molar refractivity (Wildman–Crippen MR) is 152 cm³/mol. The van der Waals surface area contributed by atoms with Gasteiger partial charge in [0.15, 0.2) is 0 Å². The van der Waals surface area contributed by atoms with Crippen LogP contribution in [0, 0.1) is 11.8 Å². The lowest BCUT2D eigenvalue weighted by atomic mass is 9.85. The first-order valence-corrected chi connectivity index (χ1v) is 15.0. The third-order valence-corrected chi connectivity index (χ3v) is 8.25. The third-order valence-electron chi connectivity index (χ3n) is 7.27. The molecule has 1 atom stereocenters. The van der Waals surface area contributed by atoms with E-state index in [2.05, 4.69) is 31.6 Å². The highest BCUT2D eigenvalue weighted by atomic mass is 32.2. The topological polar surface area (TPSA) is 122 Å². The van der Waals surface area contributed by atoms with E-state index in [9.17, 15) is 13.2 Å². The first-order valence-electron chi connectivity index (χ1n) is 13.5. The second-order valence-corrected chi connectivity index (χ2v) is 12.7. The lowest BCUT2D eigenvalue weighted by Gasteiger charge is -2.37. The van der Waals surface area contributed by atoms with Crippen LogP contribution in [-0.2, 0) is 19.7 Å². The molecule has 0 bridgehead atoms. The molecule has 11 nitrogen and oxygen atoms in total. The molecule has 1 amide bonds. The van der Waals surface area contributed by atoms with Gasteiger partial charge in [-0.2, -0.15) is 13.1 Å². The summed E-state index contributed by atoms with van der Waals surface area (Å²) in [7, 11) is -2.31. The summed E-state index contributed by atoms with van der Waals surface area (Å²) < 4.78 is 45.3. The normalized spacial score (nSPS) is 18.2. The molecule has 1 aromatic heterocycles. The van der Waals surface area contributed by atoms with Crippen molar-refractivity contribution in [2.45, 2.75) is 46.1 Å². The van der Waals surface area contributed by atoms with Crippen molar-refractivity contribution >= 4 is 38.6 Å². The van der Waals surface area contributed by atoms with Crippen LogP contribution in [0.1, 0.15) is 40.5 Å². The highest BCUT2D eigenvalue weighted by Gasteiger charge is 2.28. The summed E-state index contributed by atoms with van der Waals surface area (Å²) in [6, 6.07) is 6.26. The van der Waals surface area contributed by atoms with Crippen molar-refractivity contribution < 1.29 is 27.4 Å². The summed E-state index contributed by atoms with van der Waals surface area (Å²) in [5.74, 6) is 1.27. The average Bonchev–Trinajstić information content (AvgIpc) is 2.89. The molecule has 2 N–H and O–H groups in total. The summed E-state index contributed by atoms with van der Waals surface area (Å²) >= 11 is 0. The van der Waals surface area contributed by atoms with Crippen molar-refractivity contribution in [3.8, 4) is 5.75 Å². The van der Waals surface area contributed by atoms with Crippen molar-refractivity contribution in [1.29, 1.82) is 0 Å². The minimum atomic E-state index is -4.00. The molecule has 0 spiro atoms. The SMILES string of the molecule is COc1cc2nccc(N3CCC(C(C)CNS(=O)(=O)NC(=O)OC(C)(C)C)CC3)c2cc1N1CCOCC1. The van der Waals surface area contributed by atoms with Crippen LogP contribution in [0.15, 0.2) is 24.4 Å². The zero-order chi connectivity index (χ0) is 28.2. The van der Waals surface area contributed by atoms with Gasteiger partial charge >= 0.3 is 16.3 Å². The van der Waals surface area contributed by atoms with E-state index in [1.807, 2.05) is 23.9 Å². The number of nitrogens with zero attached hydrogens (tertiary/aromatic N) is 3. The highest BCUT2D eigenvalue weighted by Crippen LogP contribution is 2.38. The van der Waals surface area contributed by atoms with Gasteiger partial charge in [0.2, 0.25) is 0 Å². The number of hydrogen-bond donors (Lipinski definition) is 2. The number of hydrogen-bond acceptors (Lipinski definition) is 9. The minimum Gasteiger partial charge on any atom is -0.495 e. The summed E-state index contributed by atoms with van der Waals surface area (Å²) in [5, 5.41) is 1.09. The van der Waals surface area contributed by atoms with Crippen molar-refractivity contribution in [1.82, 2.24) is 14.4 Å². The molecule has 3 heterocycles. The van der Waals surface area contributed by atoms with Gasteiger partial charge in [-0.05, 0) is 57.6 Å². The lowest BCUT2D eigenvalue weighted by molar-refractivity contribution is 0.0569. The maximum Gasteiger partial charge on any atom is 0.422 e. The van der Waals surface area contributed by atoms with Crippen LogP contribution in [-0.4, -0.2) is 78.1 Å². The number of anilines is 2. The molecule has 1 aromatic carbocycles. The summed E-state index contributed by atoms with van der Waals surface area (Å²) in [4.78, 5) is 21.1. The number of rotatable bonds is 8. The molecule has 1 unspecified atom stereocenters. The van der Waals surface area contributed by atoms with Crippen molar-refractivity contribution in [3.63, 3.8) is 0 Å². The maximum atomic E-state index is 12.3. The fourth-order valence-corrected chi connectivity index (χ4v) is 6.02. The second kappa shape index (κ2) is 12.1. The monoisotopic (exact) mass is 563 g/mol. The average molecular weight is 564 g/mol. The van der Waals surface area contributed by atoms with E-state index in [0.29, 0.717) is 19.1 Å². The van der Waals surface area contributed by atoms with Gasteiger partial charge in [0.1, 0.15) is 11.4 Å². The van der Waals surface area contributed by atoms with E-state index in [-0.39, 0.29) is 12.5 Å². The molecule has 12 heteroatoms. The first kappa shape index (κ1) is 29.2. The van der Waals surface area contributed by atoms with Gasteiger partial charge in [-0.3, -0.25) is 4.98 Å². The number of amides is 1. The Balaban J connectivity index is 1.39. The van der Waals surface area contributed by atoms with Gasteiger partial charge in [0, 0.05) is 56.1 Å². The van der Waals surface area contributed by atoms with Gasteiger partial charge in [-0.15, -0.1) is 0 Å². The summed E-state index contributed by atoms with van der Waals surface area (Å²) in [5.41, 5.74) is 2.31. The molecule has 216 valence electrons. The molecular formula is C27H41N5O6S. The standard InChI is InChI=1S/C27H41N5O6S/c1-19(18-29-39(34,35)30-26(33)38-27(2,3)4)20-7-10-31(11-8-20)23-6-9-28-22-17-25(36-5)24(16-21(22)23)32-12-14-37-15-13-32/h6,9,16-17,19-20,29H,7-8,10-15,18H2,1-5H3,(H,30,33). The fourth-order valence-electron chi connectivity index (χ4n) is 5.20. The Labute approximate surface area is 231 Å². The highest BCUT2D eigenvalue weighted by molar-refractivity contribution is 7.88. The van der Waals surface area contributed by atoms with Crippen molar-refractivity contribution in [2.24, 2.45) is 11.8 Å². The number of methoxy groups -OCH3 is 1. The number of nitrogens with one attached hydrogen (secondary N) is 2. The van der Waals surface area contributed by atoms with Crippen LogP contribution in [0.2, 0.25) is 0 Å². The number of ether oxygens (including phenoxy) is 3. The van der Waals surface area contributed by atoms with E-state index in [1.165, 1.54) is 0 Å². The van der Waals surface area contributed by atoms with Gasteiger partial charge < -0.3 is 24.0 Å². The van der Waals surface area contributed by atoms with Crippen LogP contribution in [0.25, 0.3) is 10.9 Å². The Kier molecular flexibility index (Phi) is 9.07. The molecule has 0 radical (unpaired) electrons. The molecule has 2 aromatic rings. The largest absolute Gasteiger partial charge is 0.495 e. The van der Waals surface area contributed by atoms with Crippen LogP contribution in [0.4, 0.5) is 16.2 Å². The number of aromatic nitrogens is 1. The predicted octanol–water partition coefficient (Wildman–Crippen LogP) is 3.29. The van der Waals surface area contributed by atoms with E-state index in [1.54, 1.807) is 27.9 Å². The molecule has 2 saturated heterocycles. The minimum absolute atomic E-state index is 0.105. The molecule has 0 saturated carbocycles. The van der Waals surface area contributed by atoms with Crippen LogP contribution in [0.5, 0.6) is 5.75 Å². The molecule has 2 fully saturated rings. The van der Waals surface area contributed by atoms with E-state index >= 15 is 0 Å². The molecular weight excluding hydrogens is 522 g/mol. The number of carbonyl (C=O) groups is 1. The van der Waals surface area contributed by atoms with E-state index in [4.69, 9.17) is 14.2 Å². The third kappa shape index (κ3) is 7.64. The quantitative estimate of drug-likeness (QED) is 0.498. The van der Waals surface area contributed by atoms with Crippen molar-refractivity contribution in [2.75, 3.05) is 62.8 Å². The number of fused-ring (bicyclic) bond motifs is 1. The number of pyridine rings is 1. The summed E-state index contributed by atoms with van der Waals surface area (Å²) in [6.45, 7) is 12.0. The molecule has 4 rings (SSSR count). The molecule has 2 aliphatic rings. The zero-order valence-corrected chi connectivity index (χ0v) is 24.3. The Morgan fingerprint density at radius 2 is 1.79 bits per heavy atom. The number of piperidine rings is 1. The van der Waals surface area contributed by atoms with Gasteiger partial charge in [0.05, 0.1) is 31.5 Å². The van der Waals surface area contributed by atoms with Crippen LogP contribution < -0.4 is 24.0 Å². The molecule has 2 aliphatic heterocycles. The number of carbonyl (C=O) groups excluding carboxylic acids is 1. The van der Waals surface area contributed by atoms with E-state index in [0.717, 1.165) is 67.0 Å². The van der Waals surface area contributed by atoms with Gasteiger partial charge in [0.25, 0.3) is 0 Å². The fraction of sp³-hybridized carbons (Fsp3) is 0.630. The van der Waals surface area contributed by atoms with Gasteiger partial charge in [-0.1, -0.05) is 6.92 Å². The molecule has 39 heavy (non-hydrogen) atoms. The zero-order valence-electron chi connectivity index (χ0n) is 23.5. The van der Waals surface area contributed by atoms with Crippen LogP contribution >= 0.6 is 0 Å². The van der Waals surface area contributed by atoms with Crippen LogP contribution in [0.3, 0.4) is 0 Å². The Morgan fingerprint density at radius 1 is 1.13 bits per heavy atom. The second-order valence-electron chi connectivity index (χ2n) is 11.2. The smallest absolute Gasteiger partial charge is 0.422 e. The summed E-state index contributed by atoms with van der Waals surface area (Å²) in [6.07, 6.45) is 2.71.